The number of carbonyl (C=O) groups is 1. The van der Waals surface area contributed by atoms with Crippen molar-refractivity contribution in [2.75, 3.05) is 6.61 Å². The Labute approximate surface area is 103 Å². The monoisotopic (exact) mass is 236 g/mol. The first-order valence-electron chi connectivity index (χ1n) is 5.69. The second-order valence-electron chi connectivity index (χ2n) is 5.52. The average molecular weight is 236 g/mol. The zero-order chi connectivity index (χ0) is 13.1. The molecule has 0 saturated carbocycles. The van der Waals surface area contributed by atoms with Gasteiger partial charge in [-0.2, -0.15) is 0 Å². The highest BCUT2D eigenvalue weighted by molar-refractivity contribution is 5.64. The van der Waals surface area contributed by atoms with Crippen LogP contribution < -0.4 is 4.74 Å². The molecule has 3 nitrogen and oxygen atoms in total. The van der Waals surface area contributed by atoms with Crippen LogP contribution in [0.15, 0.2) is 18.2 Å². The molecule has 0 aliphatic heterocycles. The van der Waals surface area contributed by atoms with Gasteiger partial charge < -0.3 is 9.47 Å². The van der Waals surface area contributed by atoms with Gasteiger partial charge >= 0.3 is 6.16 Å². The molecule has 0 unspecified atom stereocenters. The Bertz CT molecular complexity index is 382. The SMILES string of the molecule is Cc1cc(C)cc(OC(=O)OCC(C)(C)C)c1. The molecular weight excluding hydrogens is 216 g/mol. The standard InChI is InChI=1S/C14H20O3/c1-10-6-11(2)8-12(7-10)17-13(15)16-9-14(3,4)5/h6-8H,9H2,1-5H3. The lowest BCUT2D eigenvalue weighted by atomic mass is 9.99. The van der Waals surface area contributed by atoms with Gasteiger partial charge in [-0.25, -0.2) is 4.79 Å². The Kier molecular flexibility index (Phi) is 4.16. The van der Waals surface area contributed by atoms with Crippen molar-refractivity contribution in [2.24, 2.45) is 5.41 Å². The zero-order valence-electron chi connectivity index (χ0n) is 11.2. The Morgan fingerprint density at radius 2 is 1.65 bits per heavy atom. The van der Waals surface area contributed by atoms with Crippen LogP contribution in [0.1, 0.15) is 31.9 Å². The Morgan fingerprint density at radius 3 is 2.12 bits per heavy atom. The van der Waals surface area contributed by atoms with E-state index < -0.39 is 6.16 Å². The number of hydrogen-bond donors (Lipinski definition) is 0. The van der Waals surface area contributed by atoms with E-state index in [-0.39, 0.29) is 5.41 Å². The quantitative estimate of drug-likeness (QED) is 0.577. The van der Waals surface area contributed by atoms with Gasteiger partial charge in [-0.3, -0.25) is 0 Å². The Hall–Kier alpha value is -1.51. The molecule has 0 aliphatic rings. The molecule has 0 atom stereocenters. The number of carbonyl (C=O) groups excluding carboxylic acids is 1. The van der Waals surface area contributed by atoms with Crippen LogP contribution in [0.25, 0.3) is 0 Å². The highest BCUT2D eigenvalue weighted by Gasteiger charge is 2.15. The van der Waals surface area contributed by atoms with Gasteiger partial charge in [0.25, 0.3) is 0 Å². The average Bonchev–Trinajstić information content (AvgIpc) is 2.11. The fraction of sp³-hybridized carbons (Fsp3) is 0.500. The van der Waals surface area contributed by atoms with E-state index in [2.05, 4.69) is 0 Å². The molecule has 17 heavy (non-hydrogen) atoms. The van der Waals surface area contributed by atoms with Crippen molar-refractivity contribution < 1.29 is 14.3 Å². The van der Waals surface area contributed by atoms with Crippen LogP contribution in [0, 0.1) is 19.3 Å². The van der Waals surface area contributed by atoms with E-state index in [9.17, 15) is 4.79 Å². The summed E-state index contributed by atoms with van der Waals surface area (Å²) >= 11 is 0. The molecule has 0 saturated heterocycles. The molecule has 0 bridgehead atoms. The van der Waals surface area contributed by atoms with Gasteiger partial charge in [0.1, 0.15) is 5.75 Å². The van der Waals surface area contributed by atoms with Crippen molar-refractivity contribution in [3.8, 4) is 5.75 Å². The maximum atomic E-state index is 11.4. The van der Waals surface area contributed by atoms with Gasteiger partial charge in [0, 0.05) is 0 Å². The lowest BCUT2D eigenvalue weighted by Crippen LogP contribution is -2.20. The topological polar surface area (TPSA) is 35.5 Å². The molecule has 94 valence electrons. The summed E-state index contributed by atoms with van der Waals surface area (Å²) < 4.78 is 10.1. The number of aryl methyl sites for hydroxylation is 2. The summed E-state index contributed by atoms with van der Waals surface area (Å²) in [6.45, 7) is 10.3. The molecule has 3 heteroatoms. The molecule has 1 rings (SSSR count). The normalized spacial score (nSPS) is 11.1. The van der Waals surface area contributed by atoms with Crippen molar-refractivity contribution in [1.29, 1.82) is 0 Å². The summed E-state index contributed by atoms with van der Waals surface area (Å²) in [6.07, 6.45) is -0.648. The first-order chi connectivity index (χ1) is 7.76. The number of ether oxygens (including phenoxy) is 2. The molecule has 0 radical (unpaired) electrons. The van der Waals surface area contributed by atoms with Crippen LogP contribution in [-0.2, 0) is 4.74 Å². The van der Waals surface area contributed by atoms with Crippen molar-refractivity contribution >= 4 is 6.16 Å². The largest absolute Gasteiger partial charge is 0.513 e. The summed E-state index contributed by atoms with van der Waals surface area (Å²) in [6, 6.07) is 5.64. The smallest absolute Gasteiger partial charge is 0.433 e. The second-order valence-corrected chi connectivity index (χ2v) is 5.52. The minimum atomic E-state index is -0.648. The molecule has 1 aromatic carbocycles. The molecule has 0 fully saturated rings. The summed E-state index contributed by atoms with van der Waals surface area (Å²) in [5.41, 5.74) is 2.06. The lowest BCUT2D eigenvalue weighted by Gasteiger charge is -2.17. The molecule has 0 aliphatic carbocycles. The Balaban J connectivity index is 2.56. The highest BCUT2D eigenvalue weighted by atomic mass is 16.7. The number of hydrogen-bond acceptors (Lipinski definition) is 3. The van der Waals surface area contributed by atoms with Crippen LogP contribution in [0.5, 0.6) is 5.75 Å². The van der Waals surface area contributed by atoms with E-state index in [4.69, 9.17) is 9.47 Å². The Morgan fingerprint density at radius 1 is 1.12 bits per heavy atom. The van der Waals surface area contributed by atoms with Crippen LogP contribution in [-0.4, -0.2) is 12.8 Å². The van der Waals surface area contributed by atoms with Crippen molar-refractivity contribution in [3.63, 3.8) is 0 Å². The zero-order valence-corrected chi connectivity index (χ0v) is 11.2. The van der Waals surface area contributed by atoms with Crippen molar-refractivity contribution in [3.05, 3.63) is 29.3 Å². The molecule has 0 aromatic heterocycles. The van der Waals surface area contributed by atoms with Crippen molar-refractivity contribution in [2.45, 2.75) is 34.6 Å². The summed E-state index contributed by atoms with van der Waals surface area (Å²) in [7, 11) is 0. The van der Waals surface area contributed by atoms with Crippen LogP contribution in [0.3, 0.4) is 0 Å². The minimum absolute atomic E-state index is 0.0540. The first-order valence-corrected chi connectivity index (χ1v) is 5.69. The third kappa shape index (κ3) is 5.38. The fourth-order valence-electron chi connectivity index (χ4n) is 1.39. The van der Waals surface area contributed by atoms with Gasteiger partial charge in [0.05, 0.1) is 6.61 Å². The summed E-state index contributed by atoms with van der Waals surface area (Å²) in [5.74, 6) is 0.529. The highest BCUT2D eigenvalue weighted by Crippen LogP contribution is 2.18. The van der Waals surface area contributed by atoms with Gasteiger partial charge in [-0.05, 0) is 42.5 Å². The number of rotatable bonds is 2. The lowest BCUT2D eigenvalue weighted by molar-refractivity contribution is 0.0684. The third-order valence-electron chi connectivity index (χ3n) is 2.02. The van der Waals surface area contributed by atoms with E-state index in [1.807, 2.05) is 52.8 Å². The van der Waals surface area contributed by atoms with E-state index >= 15 is 0 Å². The van der Waals surface area contributed by atoms with E-state index in [1.165, 1.54) is 0 Å². The van der Waals surface area contributed by atoms with E-state index in [1.54, 1.807) is 0 Å². The van der Waals surface area contributed by atoms with E-state index in [0.29, 0.717) is 12.4 Å². The molecule has 0 heterocycles. The molecular formula is C14H20O3. The van der Waals surface area contributed by atoms with Gasteiger partial charge in [0.2, 0.25) is 0 Å². The van der Waals surface area contributed by atoms with Gasteiger partial charge in [-0.15, -0.1) is 0 Å². The molecule has 1 aromatic rings. The predicted molar refractivity (Wildman–Crippen MR) is 67.3 cm³/mol. The van der Waals surface area contributed by atoms with Gasteiger partial charge in [-0.1, -0.05) is 26.8 Å². The summed E-state index contributed by atoms with van der Waals surface area (Å²) in [5, 5.41) is 0. The maximum absolute atomic E-state index is 11.4. The number of benzene rings is 1. The summed E-state index contributed by atoms with van der Waals surface area (Å²) in [4.78, 5) is 11.4. The van der Waals surface area contributed by atoms with Gasteiger partial charge in [0.15, 0.2) is 0 Å². The van der Waals surface area contributed by atoms with Crippen LogP contribution >= 0.6 is 0 Å². The van der Waals surface area contributed by atoms with Crippen molar-refractivity contribution in [1.82, 2.24) is 0 Å². The molecule has 0 spiro atoms. The van der Waals surface area contributed by atoms with E-state index in [0.717, 1.165) is 11.1 Å². The first kappa shape index (κ1) is 13.6. The predicted octanol–water partition coefficient (Wildman–Crippen LogP) is 3.86. The molecule has 0 N–H and O–H groups in total. The second kappa shape index (κ2) is 5.21. The maximum Gasteiger partial charge on any atom is 0.513 e. The van der Waals surface area contributed by atoms with Crippen LogP contribution in [0.2, 0.25) is 0 Å². The fourth-order valence-corrected chi connectivity index (χ4v) is 1.39. The van der Waals surface area contributed by atoms with Crippen LogP contribution in [0.4, 0.5) is 4.79 Å². The minimum Gasteiger partial charge on any atom is -0.433 e. The molecule has 0 amide bonds. The third-order valence-corrected chi connectivity index (χ3v) is 2.02.